The molecule has 0 spiro atoms. The Balaban J connectivity index is 1.16. The first kappa shape index (κ1) is 29.7. The molecule has 6 aromatic rings. The number of nitrogens with zero attached hydrogens (tertiary/aromatic N) is 6. The Hall–Kier alpha value is -4.95. The molecule has 0 saturated heterocycles. The largest absolute Gasteiger partial charge is 0.450 e. The van der Waals surface area contributed by atoms with Crippen LogP contribution >= 0.6 is 11.6 Å². The lowest BCUT2D eigenvalue weighted by Gasteiger charge is -2.36. The van der Waals surface area contributed by atoms with Gasteiger partial charge in [0.15, 0.2) is 23.0 Å². The molecule has 1 saturated carbocycles. The second-order valence-electron chi connectivity index (χ2n) is 10.9. The van der Waals surface area contributed by atoms with Crippen molar-refractivity contribution in [1.29, 1.82) is 0 Å². The number of ether oxygens (including phenoxy) is 2. The van der Waals surface area contributed by atoms with Crippen LogP contribution in [0.2, 0.25) is 5.02 Å². The maximum absolute atomic E-state index is 14.5. The summed E-state index contributed by atoms with van der Waals surface area (Å²) in [5.41, 5.74) is -0.488. The number of hydrogen-bond acceptors (Lipinski definition) is 7. The van der Waals surface area contributed by atoms with Crippen LogP contribution in [0.5, 0.6) is 11.5 Å². The van der Waals surface area contributed by atoms with Gasteiger partial charge in [-0.3, -0.25) is 4.79 Å². The lowest BCUT2D eigenvalue weighted by Crippen LogP contribution is -2.39. The molecular formula is C31H24ClF4N7O3. The fraction of sp³-hybridized carbons (Fsp3) is 0.226. The Morgan fingerprint density at radius 1 is 1.07 bits per heavy atom. The minimum absolute atomic E-state index is 0.0178. The van der Waals surface area contributed by atoms with E-state index in [1.807, 2.05) is 30.3 Å². The zero-order chi connectivity index (χ0) is 32.2. The predicted molar refractivity (Wildman–Crippen MR) is 161 cm³/mol. The Kier molecular flexibility index (Phi) is 7.40. The normalized spacial score (nSPS) is 16.6. The van der Waals surface area contributed by atoms with Gasteiger partial charge in [-0.25, -0.2) is 13.9 Å². The van der Waals surface area contributed by atoms with E-state index in [9.17, 15) is 22.4 Å². The fourth-order valence-corrected chi connectivity index (χ4v) is 5.69. The van der Waals surface area contributed by atoms with Crippen LogP contribution in [-0.4, -0.2) is 34.8 Å². The summed E-state index contributed by atoms with van der Waals surface area (Å²) in [6, 6.07) is 12.6. The Labute approximate surface area is 262 Å². The van der Waals surface area contributed by atoms with Crippen molar-refractivity contribution >= 4 is 39.9 Å². The van der Waals surface area contributed by atoms with Crippen LogP contribution in [0.3, 0.4) is 0 Å². The number of rotatable bonds is 8. The number of anilines is 2. The third-order valence-electron chi connectivity index (χ3n) is 7.89. The van der Waals surface area contributed by atoms with E-state index in [2.05, 4.69) is 20.4 Å². The monoisotopic (exact) mass is 653 g/mol. The molecule has 0 bridgehead atoms. The molecule has 46 heavy (non-hydrogen) atoms. The maximum Gasteiger partial charge on any atom is 0.417 e. The summed E-state index contributed by atoms with van der Waals surface area (Å²) in [6.45, 7) is 0.370. The highest BCUT2D eigenvalue weighted by Crippen LogP contribution is 2.39. The number of alkyl halides is 3. The quantitative estimate of drug-likeness (QED) is 0.176. The molecule has 236 valence electrons. The summed E-state index contributed by atoms with van der Waals surface area (Å²) < 4.78 is 71.9. The molecule has 1 aliphatic rings. The molecule has 0 atom stereocenters. The highest BCUT2D eigenvalue weighted by Gasteiger charge is 2.37. The molecule has 1 fully saturated rings. The van der Waals surface area contributed by atoms with Crippen LogP contribution in [0.15, 0.2) is 78.1 Å². The first-order chi connectivity index (χ1) is 22.1. The van der Waals surface area contributed by atoms with Gasteiger partial charge in [0, 0.05) is 25.5 Å². The molecule has 1 N–H and O–H groups in total. The molecule has 0 unspecified atom stereocenters. The Bertz CT molecular complexity index is 2140. The van der Waals surface area contributed by atoms with E-state index >= 15 is 0 Å². The zero-order valence-corrected chi connectivity index (χ0v) is 24.8. The molecule has 5 aromatic heterocycles. The summed E-state index contributed by atoms with van der Waals surface area (Å²) in [5.74, 6) is -0.382. The second-order valence-corrected chi connectivity index (χ2v) is 11.3. The van der Waals surface area contributed by atoms with Crippen LogP contribution in [0.25, 0.3) is 16.7 Å². The maximum atomic E-state index is 14.5. The topological polar surface area (TPSA) is 100 Å². The second kappa shape index (κ2) is 11.4. The standard InChI is InChI=1S/C31H24ClF4N7O3/c1-41-27-25(32)23(46-24-14-38-43-9-5-8-21(33)26(24)43)13-37-28(27)40-30(41)39-22-10-18(31(34,35)36)15-42(29(22)44)19-11-20(12-19)45-16-17-6-3-2-4-7-17/h2-10,13-15,19-20H,11-12,16H2,1H3,(H,37,39,40)/t19-,20-. The van der Waals surface area contributed by atoms with Gasteiger partial charge in [-0.1, -0.05) is 41.9 Å². The van der Waals surface area contributed by atoms with Gasteiger partial charge in [-0.15, -0.1) is 0 Å². The van der Waals surface area contributed by atoms with E-state index in [1.54, 1.807) is 13.2 Å². The summed E-state index contributed by atoms with van der Waals surface area (Å²) in [5, 5.41) is 6.88. The smallest absolute Gasteiger partial charge is 0.417 e. The van der Waals surface area contributed by atoms with Crippen molar-refractivity contribution in [3.05, 3.63) is 106 Å². The van der Waals surface area contributed by atoms with Crippen molar-refractivity contribution in [1.82, 2.24) is 28.7 Å². The summed E-state index contributed by atoms with van der Waals surface area (Å²) in [7, 11) is 1.55. The third-order valence-corrected chi connectivity index (χ3v) is 8.26. The van der Waals surface area contributed by atoms with Gasteiger partial charge < -0.3 is 23.9 Å². The van der Waals surface area contributed by atoms with E-state index in [0.717, 1.165) is 22.4 Å². The minimum atomic E-state index is -4.71. The summed E-state index contributed by atoms with van der Waals surface area (Å²) in [6.07, 6.45) is 0.884. The number of pyridine rings is 3. The van der Waals surface area contributed by atoms with Crippen molar-refractivity contribution in [3.63, 3.8) is 0 Å². The zero-order valence-electron chi connectivity index (χ0n) is 24.0. The molecule has 1 aromatic carbocycles. The van der Waals surface area contributed by atoms with Crippen molar-refractivity contribution in [2.75, 3.05) is 5.32 Å². The van der Waals surface area contributed by atoms with E-state index in [1.165, 1.54) is 33.6 Å². The molecule has 5 heterocycles. The Morgan fingerprint density at radius 3 is 2.61 bits per heavy atom. The average molecular weight is 654 g/mol. The van der Waals surface area contributed by atoms with Gasteiger partial charge in [0.2, 0.25) is 5.95 Å². The van der Waals surface area contributed by atoms with Crippen LogP contribution in [0.4, 0.5) is 29.2 Å². The number of imidazole rings is 1. The van der Waals surface area contributed by atoms with Crippen molar-refractivity contribution in [2.24, 2.45) is 7.05 Å². The molecule has 0 aliphatic heterocycles. The summed E-state index contributed by atoms with van der Waals surface area (Å²) in [4.78, 5) is 22.1. The number of aromatic nitrogens is 6. The van der Waals surface area contributed by atoms with Crippen LogP contribution in [0, 0.1) is 5.82 Å². The van der Waals surface area contributed by atoms with Gasteiger partial charge in [0.25, 0.3) is 5.56 Å². The molecule has 15 heteroatoms. The van der Waals surface area contributed by atoms with Crippen molar-refractivity contribution < 1.29 is 27.0 Å². The van der Waals surface area contributed by atoms with Gasteiger partial charge >= 0.3 is 6.18 Å². The first-order valence-corrected chi connectivity index (χ1v) is 14.5. The molecular weight excluding hydrogens is 630 g/mol. The van der Waals surface area contributed by atoms with Gasteiger partial charge in [0.1, 0.15) is 21.7 Å². The van der Waals surface area contributed by atoms with E-state index in [-0.39, 0.29) is 50.9 Å². The lowest BCUT2D eigenvalue weighted by atomic mass is 9.88. The van der Waals surface area contributed by atoms with Gasteiger partial charge in [0.05, 0.1) is 30.7 Å². The third kappa shape index (κ3) is 5.43. The minimum Gasteiger partial charge on any atom is -0.450 e. The first-order valence-electron chi connectivity index (χ1n) is 14.1. The number of benzene rings is 1. The SMILES string of the molecule is Cn1c(Nc2cc(C(F)(F)F)cn([C@H]3C[C@H](OCc4ccccc4)C3)c2=O)nc2ncc(Oc3cnn4cccc(F)c34)c(Cl)c21. The van der Waals surface area contributed by atoms with E-state index < -0.39 is 29.2 Å². The van der Waals surface area contributed by atoms with Crippen LogP contribution in [-0.2, 0) is 24.6 Å². The molecule has 0 radical (unpaired) electrons. The highest BCUT2D eigenvalue weighted by atomic mass is 35.5. The molecule has 7 rings (SSSR count). The summed E-state index contributed by atoms with van der Waals surface area (Å²) >= 11 is 6.66. The number of aryl methyl sites for hydroxylation is 1. The van der Waals surface area contributed by atoms with E-state index in [0.29, 0.717) is 19.4 Å². The molecule has 10 nitrogen and oxygen atoms in total. The average Bonchev–Trinajstić information content (AvgIpc) is 3.56. The predicted octanol–water partition coefficient (Wildman–Crippen LogP) is 7.05. The Morgan fingerprint density at radius 2 is 1.85 bits per heavy atom. The van der Waals surface area contributed by atoms with Gasteiger partial charge in [-0.2, -0.15) is 23.3 Å². The lowest BCUT2D eigenvalue weighted by molar-refractivity contribution is -0.138. The molecule has 1 aliphatic carbocycles. The molecule has 0 amide bonds. The van der Waals surface area contributed by atoms with Gasteiger partial charge in [-0.05, 0) is 36.6 Å². The number of hydrogen-bond donors (Lipinski definition) is 1. The number of fused-ring (bicyclic) bond motifs is 2. The van der Waals surface area contributed by atoms with Crippen molar-refractivity contribution in [3.8, 4) is 11.5 Å². The van der Waals surface area contributed by atoms with Crippen LogP contribution in [0.1, 0.15) is 30.0 Å². The fourth-order valence-electron chi connectivity index (χ4n) is 5.39. The van der Waals surface area contributed by atoms with Crippen LogP contribution < -0.4 is 15.6 Å². The highest BCUT2D eigenvalue weighted by molar-refractivity contribution is 6.36. The number of nitrogens with one attached hydrogen (secondary N) is 1. The van der Waals surface area contributed by atoms with E-state index in [4.69, 9.17) is 21.1 Å². The van der Waals surface area contributed by atoms with Crippen molar-refractivity contribution in [2.45, 2.75) is 37.8 Å². The number of halogens is 5.